The highest BCUT2D eigenvalue weighted by atomic mass is 32.2. The normalized spacial score (nSPS) is 11.4. The number of carbonyl (C=O) groups is 1. The van der Waals surface area contributed by atoms with Gasteiger partial charge < -0.3 is 18.6 Å². The van der Waals surface area contributed by atoms with Crippen LogP contribution in [0.3, 0.4) is 0 Å². The first-order valence-electron chi connectivity index (χ1n) is 9.30. The number of para-hydroxylation sites is 1. The van der Waals surface area contributed by atoms with Crippen LogP contribution in [0.2, 0.25) is 0 Å². The number of ether oxygens (including phenoxy) is 2. The Morgan fingerprint density at radius 3 is 2.40 bits per heavy atom. The molecule has 2 aromatic rings. The average Bonchev–Trinajstić information content (AvgIpc) is 2.68. The Labute approximate surface area is 176 Å². The predicted octanol–water partition coefficient (Wildman–Crippen LogP) is 3.23. The molecule has 0 heterocycles. The maximum absolute atomic E-state index is 14.0. The molecule has 0 aromatic heterocycles. The van der Waals surface area contributed by atoms with Crippen molar-refractivity contribution in [3.63, 3.8) is 0 Å². The van der Waals surface area contributed by atoms with E-state index in [4.69, 9.17) is 13.7 Å². The van der Waals surface area contributed by atoms with Gasteiger partial charge in [0.2, 0.25) is 5.91 Å². The molecule has 0 bridgehead atoms. The fourth-order valence-corrected chi connectivity index (χ4v) is 3.78. The van der Waals surface area contributed by atoms with E-state index < -0.39 is 15.9 Å². The van der Waals surface area contributed by atoms with Crippen molar-refractivity contribution < 1.29 is 31.3 Å². The third-order valence-corrected chi connectivity index (χ3v) is 5.38. The molecule has 164 valence electrons. The molecule has 7 nitrogen and oxygen atoms in total. The van der Waals surface area contributed by atoms with Crippen LogP contribution in [0.5, 0.6) is 11.5 Å². The molecular weight excluding hydrogens is 413 g/mol. The number of rotatable bonds is 10. The molecule has 2 aromatic carbocycles. The highest BCUT2D eigenvalue weighted by Gasteiger charge is 2.22. The maximum atomic E-state index is 14.0. The van der Waals surface area contributed by atoms with E-state index in [0.29, 0.717) is 12.1 Å². The number of halogens is 1. The van der Waals surface area contributed by atoms with E-state index in [2.05, 4.69) is 0 Å². The predicted molar refractivity (Wildman–Crippen MR) is 109 cm³/mol. The summed E-state index contributed by atoms with van der Waals surface area (Å²) in [6.45, 7) is 4.46. The van der Waals surface area contributed by atoms with Gasteiger partial charge in [-0.3, -0.25) is 4.79 Å². The van der Waals surface area contributed by atoms with Gasteiger partial charge in [0.25, 0.3) is 0 Å². The maximum Gasteiger partial charge on any atom is 0.339 e. The smallest absolute Gasteiger partial charge is 0.339 e. The molecule has 0 fully saturated rings. The van der Waals surface area contributed by atoms with E-state index in [0.717, 1.165) is 6.07 Å². The average molecular weight is 440 g/mol. The van der Waals surface area contributed by atoms with E-state index in [1.54, 1.807) is 23.1 Å². The minimum absolute atomic E-state index is 0.0627. The molecule has 0 spiro atoms. The highest BCUT2D eigenvalue weighted by Crippen LogP contribution is 2.27. The van der Waals surface area contributed by atoms with Crippen LogP contribution in [0.15, 0.2) is 47.4 Å². The molecule has 0 N–H and O–H groups in total. The first-order valence-corrected chi connectivity index (χ1v) is 10.7. The van der Waals surface area contributed by atoms with Crippen LogP contribution < -0.4 is 8.92 Å². The van der Waals surface area contributed by atoms with Crippen molar-refractivity contribution in [3.8, 4) is 11.5 Å². The van der Waals surface area contributed by atoms with E-state index in [-0.39, 0.29) is 41.4 Å². The summed E-state index contributed by atoms with van der Waals surface area (Å²) in [4.78, 5) is 13.6. The summed E-state index contributed by atoms with van der Waals surface area (Å²) < 4.78 is 54.3. The molecular formula is C21H26FNO6S. The molecule has 0 aliphatic carbocycles. The van der Waals surface area contributed by atoms with Crippen molar-refractivity contribution in [1.82, 2.24) is 4.90 Å². The summed E-state index contributed by atoms with van der Waals surface area (Å²) in [5.41, 5.74) is 0.500. The van der Waals surface area contributed by atoms with Gasteiger partial charge in [-0.1, -0.05) is 32.0 Å². The van der Waals surface area contributed by atoms with Gasteiger partial charge in [-0.05, 0) is 30.2 Å². The summed E-state index contributed by atoms with van der Waals surface area (Å²) in [5, 5.41) is 0. The Morgan fingerprint density at radius 1 is 1.10 bits per heavy atom. The molecule has 0 saturated carbocycles. The van der Waals surface area contributed by atoms with Gasteiger partial charge in [-0.15, -0.1) is 0 Å². The minimum atomic E-state index is -4.30. The topological polar surface area (TPSA) is 82.1 Å². The zero-order valence-corrected chi connectivity index (χ0v) is 18.2. The largest absolute Gasteiger partial charge is 0.494 e. The van der Waals surface area contributed by atoms with Gasteiger partial charge in [-0.2, -0.15) is 8.42 Å². The van der Waals surface area contributed by atoms with Crippen molar-refractivity contribution in [2.75, 3.05) is 27.4 Å². The number of hydrogen-bond donors (Lipinski definition) is 0. The quantitative estimate of drug-likeness (QED) is 0.529. The second-order valence-electron chi connectivity index (χ2n) is 7.04. The van der Waals surface area contributed by atoms with Crippen LogP contribution in [0, 0.1) is 11.7 Å². The third kappa shape index (κ3) is 6.17. The zero-order chi connectivity index (χ0) is 22.3. The zero-order valence-electron chi connectivity index (χ0n) is 17.4. The van der Waals surface area contributed by atoms with E-state index in [1.165, 1.54) is 32.4 Å². The third-order valence-electron chi connectivity index (χ3n) is 4.15. The van der Waals surface area contributed by atoms with Crippen LogP contribution in [0.25, 0.3) is 0 Å². The lowest BCUT2D eigenvalue weighted by Crippen LogP contribution is -2.36. The first kappa shape index (κ1) is 23.6. The van der Waals surface area contributed by atoms with E-state index in [1.807, 2.05) is 13.8 Å². The molecule has 9 heteroatoms. The number of amides is 1. The van der Waals surface area contributed by atoms with Crippen LogP contribution in [-0.4, -0.2) is 46.6 Å². The molecule has 0 unspecified atom stereocenters. The standard InChI is InChI=1S/C21H26FNO6S/c1-15(2)12-23(21(24)14-27-3)13-16-7-5-6-8-19(16)29-30(25,26)17-9-10-20(28-4)18(22)11-17/h5-11,15H,12-14H2,1-4H3. The van der Waals surface area contributed by atoms with Gasteiger partial charge in [0, 0.05) is 25.8 Å². The van der Waals surface area contributed by atoms with Gasteiger partial charge in [0.15, 0.2) is 11.6 Å². The lowest BCUT2D eigenvalue weighted by molar-refractivity contribution is -0.136. The van der Waals surface area contributed by atoms with Gasteiger partial charge in [-0.25, -0.2) is 4.39 Å². The van der Waals surface area contributed by atoms with Crippen molar-refractivity contribution in [2.45, 2.75) is 25.3 Å². The molecule has 0 aliphatic heterocycles. The number of carbonyl (C=O) groups excluding carboxylic acids is 1. The Hall–Kier alpha value is -2.65. The first-order chi connectivity index (χ1) is 14.2. The molecule has 1 amide bonds. The van der Waals surface area contributed by atoms with Crippen LogP contribution in [0.1, 0.15) is 19.4 Å². The number of nitrogens with zero attached hydrogens (tertiary/aromatic N) is 1. The summed E-state index contributed by atoms with van der Waals surface area (Å²) in [7, 11) is -1.58. The number of benzene rings is 2. The highest BCUT2D eigenvalue weighted by molar-refractivity contribution is 7.87. The Balaban J connectivity index is 2.31. The molecule has 0 aliphatic rings. The van der Waals surface area contributed by atoms with E-state index >= 15 is 0 Å². The van der Waals surface area contributed by atoms with Gasteiger partial charge >= 0.3 is 10.1 Å². The molecule has 0 saturated heterocycles. The molecule has 2 rings (SSSR count). The second-order valence-corrected chi connectivity index (χ2v) is 8.59. The SMILES string of the molecule is COCC(=O)N(Cc1ccccc1OS(=O)(=O)c1ccc(OC)c(F)c1)CC(C)C. The van der Waals surface area contributed by atoms with E-state index in [9.17, 15) is 17.6 Å². The van der Waals surface area contributed by atoms with Crippen LogP contribution in [-0.2, 0) is 26.2 Å². The molecule has 0 radical (unpaired) electrons. The lowest BCUT2D eigenvalue weighted by atomic mass is 10.1. The summed E-state index contributed by atoms with van der Waals surface area (Å²) in [5.74, 6) is -0.849. The Kier molecular flexibility index (Phi) is 8.19. The van der Waals surface area contributed by atoms with Crippen molar-refractivity contribution in [3.05, 3.63) is 53.8 Å². The van der Waals surface area contributed by atoms with Gasteiger partial charge in [0.05, 0.1) is 7.11 Å². The van der Waals surface area contributed by atoms with Gasteiger partial charge in [0.1, 0.15) is 17.3 Å². The monoisotopic (exact) mass is 439 g/mol. The fourth-order valence-electron chi connectivity index (χ4n) is 2.80. The van der Waals surface area contributed by atoms with Crippen LogP contribution in [0.4, 0.5) is 4.39 Å². The van der Waals surface area contributed by atoms with Crippen molar-refractivity contribution in [2.24, 2.45) is 5.92 Å². The molecule has 30 heavy (non-hydrogen) atoms. The Bertz CT molecular complexity index is 977. The number of hydrogen-bond acceptors (Lipinski definition) is 6. The summed E-state index contributed by atoms with van der Waals surface area (Å²) in [6.07, 6.45) is 0. The fraction of sp³-hybridized carbons (Fsp3) is 0.381. The minimum Gasteiger partial charge on any atom is -0.494 e. The van der Waals surface area contributed by atoms with Crippen LogP contribution >= 0.6 is 0 Å². The second kappa shape index (κ2) is 10.4. The summed E-state index contributed by atoms with van der Waals surface area (Å²) >= 11 is 0. The number of methoxy groups -OCH3 is 2. The van der Waals surface area contributed by atoms with Crippen molar-refractivity contribution >= 4 is 16.0 Å². The van der Waals surface area contributed by atoms with Crippen molar-refractivity contribution in [1.29, 1.82) is 0 Å². The molecule has 0 atom stereocenters. The lowest BCUT2D eigenvalue weighted by Gasteiger charge is -2.25. The Morgan fingerprint density at radius 2 is 1.80 bits per heavy atom. The summed E-state index contributed by atoms with van der Waals surface area (Å²) in [6, 6.07) is 9.75.